The smallest absolute Gasteiger partial charge is 0.255 e. The van der Waals surface area contributed by atoms with Gasteiger partial charge >= 0.3 is 0 Å². The van der Waals surface area contributed by atoms with Crippen LogP contribution < -0.4 is 5.32 Å². The van der Waals surface area contributed by atoms with Gasteiger partial charge in [-0.3, -0.25) is 4.79 Å². The van der Waals surface area contributed by atoms with E-state index in [2.05, 4.69) is 10.3 Å². The zero-order valence-corrected chi connectivity index (χ0v) is 13.8. The molecule has 0 radical (unpaired) electrons. The van der Waals surface area contributed by atoms with Gasteiger partial charge in [-0.15, -0.1) is 0 Å². The van der Waals surface area contributed by atoms with Crippen LogP contribution in [0.2, 0.25) is 5.02 Å². The highest BCUT2D eigenvalue weighted by Gasteiger charge is 2.14. The summed E-state index contributed by atoms with van der Waals surface area (Å²) in [5.74, 6) is 0.217. The zero-order valence-electron chi connectivity index (χ0n) is 13.1. The summed E-state index contributed by atoms with van der Waals surface area (Å²) in [7, 11) is 0. The maximum atomic E-state index is 12.5. The highest BCUT2D eigenvalue weighted by molar-refractivity contribution is 6.31. The first-order valence-corrected chi connectivity index (χ1v) is 8.10. The van der Waals surface area contributed by atoms with E-state index in [0.717, 1.165) is 5.52 Å². The lowest BCUT2D eigenvalue weighted by atomic mass is 10.1. The molecule has 4 nitrogen and oxygen atoms in total. The molecule has 1 amide bonds. The lowest BCUT2D eigenvalue weighted by Crippen LogP contribution is -2.12. The van der Waals surface area contributed by atoms with E-state index in [1.165, 1.54) is 0 Å². The molecule has 0 saturated heterocycles. The Kier molecular flexibility index (Phi) is 3.96. The molecule has 0 aliphatic heterocycles. The number of amides is 1. The molecule has 3 aromatic carbocycles. The second-order valence-corrected chi connectivity index (χ2v) is 5.93. The van der Waals surface area contributed by atoms with E-state index in [-0.39, 0.29) is 5.91 Å². The van der Waals surface area contributed by atoms with Crippen LogP contribution >= 0.6 is 11.6 Å². The summed E-state index contributed by atoms with van der Waals surface area (Å²) in [6.45, 7) is 0. The molecule has 5 heteroatoms. The van der Waals surface area contributed by atoms with Crippen LogP contribution in [0.4, 0.5) is 5.69 Å². The Balaban J connectivity index is 1.70. The van der Waals surface area contributed by atoms with Crippen LogP contribution in [-0.2, 0) is 0 Å². The van der Waals surface area contributed by atoms with Crippen LogP contribution in [0, 0.1) is 0 Å². The molecule has 0 unspecified atom stereocenters. The number of benzene rings is 3. The van der Waals surface area contributed by atoms with E-state index in [9.17, 15) is 4.79 Å². The maximum absolute atomic E-state index is 12.5. The van der Waals surface area contributed by atoms with Gasteiger partial charge < -0.3 is 9.73 Å². The number of oxazole rings is 1. The molecule has 0 spiro atoms. The van der Waals surface area contributed by atoms with Gasteiger partial charge in [0.1, 0.15) is 5.52 Å². The van der Waals surface area contributed by atoms with Crippen LogP contribution in [0.25, 0.3) is 22.6 Å². The molecule has 1 N–H and O–H groups in total. The third-order valence-corrected chi connectivity index (χ3v) is 4.02. The Morgan fingerprint density at radius 1 is 0.960 bits per heavy atom. The number of anilines is 1. The van der Waals surface area contributed by atoms with Crippen LogP contribution in [0.15, 0.2) is 77.2 Å². The van der Waals surface area contributed by atoms with Gasteiger partial charge in [-0.05, 0) is 42.5 Å². The van der Waals surface area contributed by atoms with Crippen molar-refractivity contribution in [1.29, 1.82) is 0 Å². The van der Waals surface area contributed by atoms with Crippen molar-refractivity contribution in [2.45, 2.75) is 0 Å². The number of carbonyl (C=O) groups excluding carboxylic acids is 1. The van der Waals surface area contributed by atoms with Crippen molar-refractivity contribution in [3.05, 3.63) is 83.4 Å². The van der Waals surface area contributed by atoms with Gasteiger partial charge in [0.25, 0.3) is 5.91 Å². The molecule has 4 aromatic rings. The molecule has 0 saturated carbocycles. The van der Waals surface area contributed by atoms with E-state index in [0.29, 0.717) is 33.3 Å². The molecule has 0 bridgehead atoms. The highest BCUT2D eigenvalue weighted by atomic mass is 35.5. The quantitative estimate of drug-likeness (QED) is 0.539. The number of nitrogens with zero attached hydrogens (tertiary/aromatic N) is 1. The summed E-state index contributed by atoms with van der Waals surface area (Å²) in [4.78, 5) is 17.0. The zero-order chi connectivity index (χ0) is 17.2. The summed E-state index contributed by atoms with van der Waals surface area (Å²) in [5, 5.41) is 3.41. The van der Waals surface area contributed by atoms with E-state index < -0.39 is 0 Å². The minimum atomic E-state index is -0.244. The van der Waals surface area contributed by atoms with Crippen LogP contribution in [0.5, 0.6) is 0 Å². The average molecular weight is 349 g/mol. The number of hydrogen-bond acceptors (Lipinski definition) is 3. The van der Waals surface area contributed by atoms with Gasteiger partial charge in [-0.1, -0.05) is 41.9 Å². The van der Waals surface area contributed by atoms with Crippen molar-refractivity contribution < 1.29 is 9.21 Å². The number of fused-ring (bicyclic) bond motifs is 1. The van der Waals surface area contributed by atoms with Crippen molar-refractivity contribution in [2.24, 2.45) is 0 Å². The fourth-order valence-corrected chi connectivity index (χ4v) is 2.78. The molecule has 25 heavy (non-hydrogen) atoms. The fraction of sp³-hybridized carbons (Fsp3) is 0. The number of rotatable bonds is 3. The largest absolute Gasteiger partial charge is 0.436 e. The van der Waals surface area contributed by atoms with Gasteiger partial charge in [0, 0.05) is 10.6 Å². The summed E-state index contributed by atoms with van der Waals surface area (Å²) < 4.78 is 5.82. The van der Waals surface area contributed by atoms with Crippen LogP contribution in [-0.4, -0.2) is 10.9 Å². The van der Waals surface area contributed by atoms with Crippen molar-refractivity contribution in [3.63, 3.8) is 0 Å². The second-order valence-electron chi connectivity index (χ2n) is 5.50. The van der Waals surface area contributed by atoms with Crippen molar-refractivity contribution in [2.75, 3.05) is 5.32 Å². The number of hydrogen-bond donors (Lipinski definition) is 1. The van der Waals surface area contributed by atoms with Crippen molar-refractivity contribution >= 4 is 34.3 Å². The SMILES string of the molecule is O=C(Nc1ccccc1-c1nc2ccccc2o1)c1cccc(Cl)c1. The molecule has 4 rings (SSSR count). The third-order valence-electron chi connectivity index (χ3n) is 3.79. The van der Waals surface area contributed by atoms with E-state index in [4.69, 9.17) is 16.0 Å². The summed E-state index contributed by atoms with van der Waals surface area (Å²) in [5.41, 5.74) is 3.30. The number of nitrogens with one attached hydrogen (secondary N) is 1. The maximum Gasteiger partial charge on any atom is 0.255 e. The van der Waals surface area contributed by atoms with Crippen molar-refractivity contribution in [3.8, 4) is 11.5 Å². The summed E-state index contributed by atoms with van der Waals surface area (Å²) >= 11 is 5.96. The fourth-order valence-electron chi connectivity index (χ4n) is 2.59. The molecule has 0 atom stereocenters. The molecule has 0 aliphatic carbocycles. The standard InChI is InChI=1S/C20H13ClN2O2/c21-14-7-5-6-13(12-14)19(24)22-16-9-2-1-8-15(16)20-23-17-10-3-4-11-18(17)25-20/h1-12H,(H,22,24). The first kappa shape index (κ1) is 15.4. The Bertz CT molecular complexity index is 1040. The van der Waals surface area contributed by atoms with Gasteiger partial charge in [-0.25, -0.2) is 4.98 Å². The lowest BCUT2D eigenvalue weighted by Gasteiger charge is -2.09. The third kappa shape index (κ3) is 3.12. The summed E-state index contributed by atoms with van der Waals surface area (Å²) in [6, 6.07) is 21.7. The predicted molar refractivity (Wildman–Crippen MR) is 98.9 cm³/mol. The van der Waals surface area contributed by atoms with Gasteiger partial charge in [-0.2, -0.15) is 0 Å². The van der Waals surface area contributed by atoms with E-state index >= 15 is 0 Å². The predicted octanol–water partition coefficient (Wildman–Crippen LogP) is 5.40. The monoisotopic (exact) mass is 348 g/mol. The molecule has 122 valence electrons. The van der Waals surface area contributed by atoms with Gasteiger partial charge in [0.2, 0.25) is 5.89 Å². The number of carbonyl (C=O) groups is 1. The van der Waals surface area contributed by atoms with E-state index in [1.807, 2.05) is 48.5 Å². The molecule has 1 aromatic heterocycles. The first-order valence-electron chi connectivity index (χ1n) is 7.72. The average Bonchev–Trinajstić information content (AvgIpc) is 3.06. The van der Waals surface area contributed by atoms with Gasteiger partial charge in [0.15, 0.2) is 5.58 Å². The van der Waals surface area contributed by atoms with Crippen molar-refractivity contribution in [1.82, 2.24) is 4.98 Å². The Hall–Kier alpha value is -3.11. The summed E-state index contributed by atoms with van der Waals surface area (Å²) in [6.07, 6.45) is 0. The van der Waals surface area contributed by atoms with Crippen LogP contribution in [0.3, 0.4) is 0 Å². The normalized spacial score (nSPS) is 10.8. The minimum absolute atomic E-state index is 0.244. The Morgan fingerprint density at radius 2 is 1.76 bits per heavy atom. The highest BCUT2D eigenvalue weighted by Crippen LogP contribution is 2.30. The number of aromatic nitrogens is 1. The molecule has 0 aliphatic rings. The molecule has 0 fully saturated rings. The Morgan fingerprint density at radius 3 is 2.60 bits per heavy atom. The molecular weight excluding hydrogens is 336 g/mol. The van der Waals surface area contributed by atoms with Gasteiger partial charge in [0.05, 0.1) is 11.3 Å². The Labute approximate surface area is 149 Å². The number of halogens is 1. The minimum Gasteiger partial charge on any atom is -0.436 e. The first-order chi connectivity index (χ1) is 12.2. The molecular formula is C20H13ClN2O2. The van der Waals surface area contributed by atoms with Crippen LogP contribution in [0.1, 0.15) is 10.4 Å². The molecule has 1 heterocycles. The number of para-hydroxylation sites is 3. The lowest BCUT2D eigenvalue weighted by molar-refractivity contribution is 0.102. The second kappa shape index (κ2) is 6.42. The topological polar surface area (TPSA) is 55.1 Å². The van der Waals surface area contributed by atoms with E-state index in [1.54, 1.807) is 24.3 Å².